The second-order valence-electron chi connectivity index (χ2n) is 4.11. The lowest BCUT2D eigenvalue weighted by atomic mass is 10.1. The van der Waals surface area contributed by atoms with E-state index in [0.29, 0.717) is 0 Å². The number of nitrogens with one attached hydrogen (secondary N) is 1. The first-order valence-corrected chi connectivity index (χ1v) is 5.39. The lowest BCUT2D eigenvalue weighted by Crippen LogP contribution is -2.27. The minimum absolute atomic E-state index is 0.0254. The Labute approximate surface area is 92.5 Å². The number of hydrogen-bond donors (Lipinski definition) is 2. The zero-order valence-electron chi connectivity index (χ0n) is 8.79. The molecule has 0 aliphatic heterocycles. The van der Waals surface area contributed by atoms with E-state index in [0.717, 1.165) is 31.5 Å². The highest BCUT2D eigenvalue weighted by atomic mass is 19.1. The van der Waals surface area contributed by atoms with Crippen molar-refractivity contribution in [3.05, 3.63) is 23.9 Å². The molecule has 0 amide bonds. The minimum Gasteiger partial charge on any atom is -0.396 e. The first-order chi connectivity index (χ1) is 7.70. The maximum Gasteiger partial charge on any atom is 0.168 e. The number of aliphatic hydroxyl groups is 1. The number of pyridine rings is 1. The van der Waals surface area contributed by atoms with E-state index in [9.17, 15) is 8.78 Å². The van der Waals surface area contributed by atoms with Crippen molar-refractivity contribution >= 4 is 5.82 Å². The van der Waals surface area contributed by atoms with Gasteiger partial charge >= 0.3 is 0 Å². The SMILES string of the molecule is OCC1CCCC1Nc1ncc(F)cc1F. The zero-order valence-corrected chi connectivity index (χ0v) is 8.79. The van der Waals surface area contributed by atoms with Crippen molar-refractivity contribution in [3.63, 3.8) is 0 Å². The highest BCUT2D eigenvalue weighted by Crippen LogP contribution is 2.28. The molecule has 0 saturated heterocycles. The summed E-state index contributed by atoms with van der Waals surface area (Å²) in [4.78, 5) is 3.67. The number of halogens is 2. The van der Waals surface area contributed by atoms with E-state index in [1.54, 1.807) is 0 Å². The van der Waals surface area contributed by atoms with Crippen molar-refractivity contribution in [1.29, 1.82) is 0 Å². The fourth-order valence-electron chi connectivity index (χ4n) is 2.14. The first kappa shape index (κ1) is 11.3. The Morgan fingerprint density at radius 2 is 2.25 bits per heavy atom. The van der Waals surface area contributed by atoms with E-state index < -0.39 is 11.6 Å². The lowest BCUT2D eigenvalue weighted by molar-refractivity contribution is 0.222. The van der Waals surface area contributed by atoms with Crippen molar-refractivity contribution in [3.8, 4) is 0 Å². The average Bonchev–Trinajstić information content (AvgIpc) is 2.69. The number of hydrogen-bond acceptors (Lipinski definition) is 3. The molecule has 2 atom stereocenters. The van der Waals surface area contributed by atoms with Crippen LogP contribution in [0.15, 0.2) is 12.3 Å². The predicted molar refractivity (Wildman–Crippen MR) is 56.0 cm³/mol. The van der Waals surface area contributed by atoms with Crippen LogP contribution in [-0.2, 0) is 0 Å². The highest BCUT2D eigenvalue weighted by Gasteiger charge is 2.27. The molecule has 0 spiro atoms. The normalized spacial score (nSPS) is 24.7. The zero-order chi connectivity index (χ0) is 11.5. The van der Waals surface area contributed by atoms with Gasteiger partial charge < -0.3 is 10.4 Å². The van der Waals surface area contributed by atoms with Gasteiger partial charge in [-0.05, 0) is 12.8 Å². The van der Waals surface area contributed by atoms with Gasteiger partial charge in [-0.1, -0.05) is 6.42 Å². The van der Waals surface area contributed by atoms with E-state index in [1.807, 2.05) is 0 Å². The van der Waals surface area contributed by atoms with Crippen LogP contribution in [0.25, 0.3) is 0 Å². The lowest BCUT2D eigenvalue weighted by Gasteiger charge is -2.19. The standard InChI is InChI=1S/C11H14F2N2O/c12-8-4-9(13)11(14-5-8)15-10-3-1-2-7(10)6-16/h4-5,7,10,16H,1-3,6H2,(H,14,15). The Balaban J connectivity index is 2.08. The second kappa shape index (κ2) is 4.74. The van der Waals surface area contributed by atoms with E-state index in [2.05, 4.69) is 10.3 Å². The smallest absolute Gasteiger partial charge is 0.168 e. The third-order valence-electron chi connectivity index (χ3n) is 3.02. The average molecular weight is 228 g/mol. The molecule has 3 nitrogen and oxygen atoms in total. The molecular weight excluding hydrogens is 214 g/mol. The van der Waals surface area contributed by atoms with Gasteiger partial charge in [0.15, 0.2) is 11.6 Å². The molecule has 2 rings (SSSR count). The van der Waals surface area contributed by atoms with Crippen LogP contribution in [0.3, 0.4) is 0 Å². The molecule has 2 unspecified atom stereocenters. The summed E-state index contributed by atoms with van der Waals surface area (Å²) in [6.45, 7) is 0.0838. The molecule has 1 heterocycles. The first-order valence-electron chi connectivity index (χ1n) is 5.39. The molecule has 0 aromatic carbocycles. The third kappa shape index (κ3) is 2.29. The van der Waals surface area contributed by atoms with Gasteiger partial charge in [-0.25, -0.2) is 13.8 Å². The maximum absolute atomic E-state index is 13.3. The molecule has 1 aromatic heterocycles. The summed E-state index contributed by atoms with van der Waals surface area (Å²) in [5.41, 5.74) is 0. The van der Waals surface area contributed by atoms with Gasteiger partial charge in [0, 0.05) is 24.6 Å². The van der Waals surface area contributed by atoms with E-state index in [4.69, 9.17) is 5.11 Å². The Hall–Kier alpha value is -1.23. The molecule has 16 heavy (non-hydrogen) atoms. The summed E-state index contributed by atoms with van der Waals surface area (Å²) in [6.07, 6.45) is 3.79. The summed E-state index contributed by atoms with van der Waals surface area (Å²) in [5, 5.41) is 12.0. The Morgan fingerprint density at radius 1 is 1.44 bits per heavy atom. The van der Waals surface area contributed by atoms with Gasteiger partial charge in [-0.3, -0.25) is 0 Å². The predicted octanol–water partition coefficient (Wildman–Crippen LogP) is 1.93. The summed E-state index contributed by atoms with van der Waals surface area (Å²) in [7, 11) is 0. The van der Waals surface area contributed by atoms with Gasteiger partial charge in [-0.2, -0.15) is 0 Å². The van der Waals surface area contributed by atoms with Crippen LogP contribution < -0.4 is 5.32 Å². The minimum atomic E-state index is -0.691. The topological polar surface area (TPSA) is 45.1 Å². The second-order valence-corrected chi connectivity index (χ2v) is 4.11. The Bertz CT molecular complexity index is 373. The van der Waals surface area contributed by atoms with Crippen molar-refractivity contribution in [2.24, 2.45) is 5.92 Å². The fraction of sp³-hybridized carbons (Fsp3) is 0.545. The third-order valence-corrected chi connectivity index (χ3v) is 3.02. The van der Waals surface area contributed by atoms with Crippen LogP contribution in [0.5, 0.6) is 0 Å². The number of anilines is 1. The van der Waals surface area contributed by atoms with Crippen LogP contribution in [0.1, 0.15) is 19.3 Å². The number of aromatic nitrogens is 1. The molecule has 2 N–H and O–H groups in total. The molecule has 0 bridgehead atoms. The van der Waals surface area contributed by atoms with Crippen LogP contribution in [0.4, 0.5) is 14.6 Å². The van der Waals surface area contributed by atoms with Gasteiger partial charge in [-0.15, -0.1) is 0 Å². The van der Waals surface area contributed by atoms with E-state index in [1.165, 1.54) is 0 Å². The molecule has 1 aromatic rings. The van der Waals surface area contributed by atoms with Crippen molar-refractivity contribution in [2.45, 2.75) is 25.3 Å². The molecule has 1 fully saturated rings. The monoisotopic (exact) mass is 228 g/mol. The van der Waals surface area contributed by atoms with E-state index in [-0.39, 0.29) is 24.4 Å². The van der Waals surface area contributed by atoms with Gasteiger partial charge in [0.05, 0.1) is 6.20 Å². The van der Waals surface area contributed by atoms with Crippen LogP contribution in [0.2, 0.25) is 0 Å². The summed E-state index contributed by atoms with van der Waals surface area (Å²) >= 11 is 0. The number of aliphatic hydroxyl groups excluding tert-OH is 1. The maximum atomic E-state index is 13.3. The van der Waals surface area contributed by atoms with Gasteiger partial charge in [0.2, 0.25) is 0 Å². The fourth-order valence-corrected chi connectivity index (χ4v) is 2.14. The van der Waals surface area contributed by atoms with E-state index >= 15 is 0 Å². The Morgan fingerprint density at radius 3 is 2.94 bits per heavy atom. The molecule has 88 valence electrons. The molecule has 1 saturated carbocycles. The van der Waals surface area contributed by atoms with Crippen molar-refractivity contribution in [2.75, 3.05) is 11.9 Å². The van der Waals surface area contributed by atoms with Crippen LogP contribution in [0, 0.1) is 17.6 Å². The summed E-state index contributed by atoms with van der Waals surface area (Å²) < 4.78 is 25.9. The molecule has 1 aliphatic carbocycles. The van der Waals surface area contributed by atoms with Crippen LogP contribution in [-0.4, -0.2) is 22.7 Å². The van der Waals surface area contributed by atoms with Crippen molar-refractivity contribution < 1.29 is 13.9 Å². The molecular formula is C11H14F2N2O. The molecule has 0 radical (unpaired) electrons. The van der Waals surface area contributed by atoms with Gasteiger partial charge in [0.1, 0.15) is 5.82 Å². The highest BCUT2D eigenvalue weighted by molar-refractivity contribution is 5.37. The number of rotatable bonds is 3. The van der Waals surface area contributed by atoms with Crippen LogP contribution >= 0.6 is 0 Å². The number of nitrogens with zero attached hydrogens (tertiary/aromatic N) is 1. The molecule has 1 aliphatic rings. The Kier molecular flexibility index (Phi) is 3.33. The molecule has 5 heteroatoms. The summed E-state index contributed by atoms with van der Waals surface area (Å²) in [6, 6.07) is 0.829. The van der Waals surface area contributed by atoms with Gasteiger partial charge in [0.25, 0.3) is 0 Å². The van der Waals surface area contributed by atoms with Crippen molar-refractivity contribution in [1.82, 2.24) is 4.98 Å². The summed E-state index contributed by atoms with van der Waals surface area (Å²) in [5.74, 6) is -1.19. The largest absolute Gasteiger partial charge is 0.396 e. The quantitative estimate of drug-likeness (QED) is 0.831.